The quantitative estimate of drug-likeness (QED) is 0.693. The fraction of sp³-hybridized carbons (Fsp3) is 0.364. The molecule has 0 fully saturated rings. The van der Waals surface area contributed by atoms with E-state index in [0.717, 1.165) is 12.0 Å². The number of carbonyl (C=O) groups excluding carboxylic acids is 2. The number of hydrogen-bond acceptors (Lipinski definition) is 2. The molecule has 4 heteroatoms. The average Bonchev–Trinajstić information content (AvgIpc) is 2.67. The number of rotatable bonds is 9. The van der Waals surface area contributed by atoms with Gasteiger partial charge in [0.15, 0.2) is 0 Å². The van der Waals surface area contributed by atoms with Gasteiger partial charge in [0.25, 0.3) is 0 Å². The number of carbonyl (C=O) groups is 2. The van der Waals surface area contributed by atoms with Gasteiger partial charge in [0.05, 0.1) is 0 Å². The van der Waals surface area contributed by atoms with E-state index < -0.39 is 0 Å². The molecule has 0 spiro atoms. The van der Waals surface area contributed by atoms with Crippen LogP contribution in [0.2, 0.25) is 0 Å². The van der Waals surface area contributed by atoms with Gasteiger partial charge in [-0.25, -0.2) is 0 Å². The van der Waals surface area contributed by atoms with E-state index in [1.165, 1.54) is 5.56 Å². The van der Waals surface area contributed by atoms with Crippen LogP contribution in [0.1, 0.15) is 31.4 Å². The van der Waals surface area contributed by atoms with E-state index in [1.807, 2.05) is 60.4 Å². The first kappa shape index (κ1) is 19.7. The second-order valence-electron chi connectivity index (χ2n) is 6.39. The van der Waals surface area contributed by atoms with Gasteiger partial charge in [-0.05, 0) is 24.5 Å². The lowest BCUT2D eigenvalue weighted by Crippen LogP contribution is -2.37. The van der Waals surface area contributed by atoms with Gasteiger partial charge < -0.3 is 9.80 Å². The summed E-state index contributed by atoms with van der Waals surface area (Å²) >= 11 is 0. The molecule has 138 valence electrons. The van der Waals surface area contributed by atoms with E-state index in [4.69, 9.17) is 0 Å². The molecule has 0 saturated carbocycles. The second-order valence-corrected chi connectivity index (χ2v) is 6.39. The van der Waals surface area contributed by atoms with Gasteiger partial charge in [-0.2, -0.15) is 0 Å². The Labute approximate surface area is 156 Å². The van der Waals surface area contributed by atoms with Gasteiger partial charge in [0, 0.05) is 39.5 Å². The van der Waals surface area contributed by atoms with E-state index in [2.05, 4.69) is 12.1 Å². The van der Waals surface area contributed by atoms with E-state index >= 15 is 0 Å². The van der Waals surface area contributed by atoms with Crippen molar-refractivity contribution in [1.82, 2.24) is 9.80 Å². The topological polar surface area (TPSA) is 40.6 Å². The van der Waals surface area contributed by atoms with Crippen LogP contribution in [0.25, 0.3) is 0 Å². The van der Waals surface area contributed by atoms with Crippen LogP contribution in [0.4, 0.5) is 0 Å². The first-order valence-corrected chi connectivity index (χ1v) is 9.21. The van der Waals surface area contributed by atoms with Crippen LogP contribution >= 0.6 is 0 Å². The zero-order valence-corrected chi connectivity index (χ0v) is 15.7. The largest absolute Gasteiger partial charge is 0.342 e. The summed E-state index contributed by atoms with van der Waals surface area (Å²) in [5.74, 6) is 0.0992. The minimum Gasteiger partial charge on any atom is -0.342 e. The van der Waals surface area contributed by atoms with E-state index in [0.29, 0.717) is 32.6 Å². The summed E-state index contributed by atoms with van der Waals surface area (Å²) in [5.41, 5.74) is 2.32. The minimum atomic E-state index is 0.0137. The van der Waals surface area contributed by atoms with Gasteiger partial charge in [-0.3, -0.25) is 9.59 Å². The molecule has 0 aromatic heterocycles. The van der Waals surface area contributed by atoms with Gasteiger partial charge in [-0.1, -0.05) is 60.7 Å². The predicted octanol–water partition coefficient (Wildman–Crippen LogP) is 3.52. The van der Waals surface area contributed by atoms with Crippen molar-refractivity contribution in [2.24, 2.45) is 0 Å². The van der Waals surface area contributed by atoms with Crippen molar-refractivity contribution in [3.05, 3.63) is 71.8 Å². The molecule has 0 heterocycles. The number of benzene rings is 2. The van der Waals surface area contributed by atoms with Crippen LogP contribution < -0.4 is 0 Å². The maximum Gasteiger partial charge on any atom is 0.224 e. The monoisotopic (exact) mass is 352 g/mol. The molecule has 0 aliphatic carbocycles. The van der Waals surface area contributed by atoms with Crippen molar-refractivity contribution < 1.29 is 9.59 Å². The Hall–Kier alpha value is -2.62. The molecule has 4 nitrogen and oxygen atoms in total. The molecule has 2 rings (SSSR count). The molecule has 2 amide bonds. The Morgan fingerprint density at radius 2 is 1.38 bits per heavy atom. The van der Waals surface area contributed by atoms with Gasteiger partial charge >= 0.3 is 0 Å². The Kier molecular flexibility index (Phi) is 7.87. The summed E-state index contributed by atoms with van der Waals surface area (Å²) in [7, 11) is 0. The highest BCUT2D eigenvalue weighted by Crippen LogP contribution is 2.08. The van der Waals surface area contributed by atoms with Crippen molar-refractivity contribution in [1.29, 1.82) is 0 Å². The summed E-state index contributed by atoms with van der Waals surface area (Å²) in [6.45, 7) is 5.93. The van der Waals surface area contributed by atoms with Crippen LogP contribution in [0.3, 0.4) is 0 Å². The van der Waals surface area contributed by atoms with Crippen LogP contribution in [0, 0.1) is 0 Å². The normalized spacial score (nSPS) is 10.4. The standard InChI is InChI=1S/C22H28N2O2/c1-3-23(18-21-12-8-5-9-13-21)22(26)15-17-24(19(2)25)16-14-20-10-6-4-7-11-20/h4-13H,3,14-18H2,1-2H3. The van der Waals surface area contributed by atoms with Crippen LogP contribution in [0.15, 0.2) is 60.7 Å². The number of nitrogens with zero attached hydrogens (tertiary/aromatic N) is 2. The Morgan fingerprint density at radius 3 is 1.92 bits per heavy atom. The van der Waals surface area contributed by atoms with Crippen molar-refractivity contribution >= 4 is 11.8 Å². The summed E-state index contributed by atoms with van der Waals surface area (Å²) in [5, 5.41) is 0. The summed E-state index contributed by atoms with van der Waals surface area (Å²) < 4.78 is 0. The first-order chi connectivity index (χ1) is 12.6. The Bertz CT molecular complexity index is 686. The highest BCUT2D eigenvalue weighted by atomic mass is 16.2. The number of amides is 2. The molecular formula is C22H28N2O2. The molecule has 26 heavy (non-hydrogen) atoms. The lowest BCUT2D eigenvalue weighted by molar-refractivity contribution is -0.133. The van der Waals surface area contributed by atoms with Crippen LogP contribution in [0.5, 0.6) is 0 Å². The van der Waals surface area contributed by atoms with Crippen molar-refractivity contribution in [3.63, 3.8) is 0 Å². The summed E-state index contributed by atoms with van der Waals surface area (Å²) in [6, 6.07) is 20.1. The van der Waals surface area contributed by atoms with Crippen molar-refractivity contribution in [2.45, 2.75) is 33.2 Å². The Balaban J connectivity index is 1.86. The van der Waals surface area contributed by atoms with Crippen LogP contribution in [-0.2, 0) is 22.6 Å². The molecule has 0 radical (unpaired) electrons. The average molecular weight is 352 g/mol. The number of hydrogen-bond donors (Lipinski definition) is 0. The molecule has 0 aliphatic heterocycles. The van der Waals surface area contributed by atoms with Crippen LogP contribution in [-0.4, -0.2) is 41.2 Å². The molecule has 0 atom stereocenters. The third kappa shape index (κ3) is 6.36. The van der Waals surface area contributed by atoms with E-state index in [1.54, 1.807) is 11.8 Å². The molecule has 2 aromatic rings. The SMILES string of the molecule is CCN(Cc1ccccc1)C(=O)CCN(CCc1ccccc1)C(C)=O. The smallest absolute Gasteiger partial charge is 0.224 e. The zero-order valence-electron chi connectivity index (χ0n) is 15.7. The summed E-state index contributed by atoms with van der Waals surface area (Å²) in [4.78, 5) is 28.1. The third-order valence-corrected chi connectivity index (χ3v) is 4.50. The molecule has 0 N–H and O–H groups in total. The molecule has 0 unspecified atom stereocenters. The molecule has 0 aliphatic rings. The highest BCUT2D eigenvalue weighted by molar-refractivity contribution is 5.78. The van der Waals surface area contributed by atoms with Gasteiger partial charge in [-0.15, -0.1) is 0 Å². The highest BCUT2D eigenvalue weighted by Gasteiger charge is 2.15. The van der Waals surface area contributed by atoms with E-state index in [-0.39, 0.29) is 11.8 Å². The molecular weight excluding hydrogens is 324 g/mol. The zero-order chi connectivity index (χ0) is 18.8. The Morgan fingerprint density at radius 1 is 0.808 bits per heavy atom. The lowest BCUT2D eigenvalue weighted by Gasteiger charge is -2.25. The third-order valence-electron chi connectivity index (χ3n) is 4.50. The lowest BCUT2D eigenvalue weighted by atomic mass is 10.1. The first-order valence-electron chi connectivity index (χ1n) is 9.21. The van der Waals surface area contributed by atoms with E-state index in [9.17, 15) is 9.59 Å². The fourth-order valence-electron chi connectivity index (χ4n) is 2.90. The molecule has 0 saturated heterocycles. The minimum absolute atomic E-state index is 0.0137. The maximum atomic E-state index is 12.6. The predicted molar refractivity (Wildman–Crippen MR) is 105 cm³/mol. The second kappa shape index (κ2) is 10.4. The molecule has 0 bridgehead atoms. The maximum absolute atomic E-state index is 12.6. The molecule has 2 aromatic carbocycles. The van der Waals surface area contributed by atoms with Crippen molar-refractivity contribution in [2.75, 3.05) is 19.6 Å². The van der Waals surface area contributed by atoms with Gasteiger partial charge in [0.1, 0.15) is 0 Å². The summed E-state index contributed by atoms with van der Waals surface area (Å²) in [6.07, 6.45) is 1.16. The fourth-order valence-corrected chi connectivity index (χ4v) is 2.90. The van der Waals surface area contributed by atoms with Gasteiger partial charge in [0.2, 0.25) is 11.8 Å². The van der Waals surface area contributed by atoms with Crippen molar-refractivity contribution in [3.8, 4) is 0 Å².